The number of methoxy groups -OCH3 is 1. The molecule has 1 saturated heterocycles. The number of esters is 1. The maximum Gasteiger partial charge on any atom is 0.387 e. The molecule has 0 aliphatic carbocycles. The number of ether oxygens (including phenoxy) is 3. The zero-order valence-corrected chi connectivity index (χ0v) is 16.8. The quantitative estimate of drug-likeness (QED) is 0.349. The van der Waals surface area contributed by atoms with Crippen LogP contribution in [0.25, 0.3) is 0 Å². The largest absolute Gasteiger partial charge is 0.493 e. The van der Waals surface area contributed by atoms with Crippen molar-refractivity contribution in [3.05, 3.63) is 58.1 Å². The normalized spacial score (nSPS) is 14.4. The second-order valence-corrected chi connectivity index (χ2v) is 6.98. The van der Waals surface area contributed by atoms with Gasteiger partial charge in [0.25, 0.3) is 5.69 Å². The van der Waals surface area contributed by atoms with Crippen molar-refractivity contribution in [2.24, 2.45) is 5.92 Å². The molecule has 1 aliphatic rings. The van der Waals surface area contributed by atoms with E-state index in [1.54, 1.807) is 18.2 Å². The lowest BCUT2D eigenvalue weighted by Gasteiger charge is -2.32. The van der Waals surface area contributed by atoms with Gasteiger partial charge in [-0.05, 0) is 36.6 Å². The van der Waals surface area contributed by atoms with E-state index in [0.717, 1.165) is 0 Å². The molecule has 1 fully saturated rings. The highest BCUT2D eigenvalue weighted by atomic mass is 19.3. The molecule has 0 unspecified atom stereocenters. The zero-order chi connectivity index (χ0) is 22.4. The van der Waals surface area contributed by atoms with Crippen LogP contribution in [0.1, 0.15) is 18.4 Å². The molecule has 0 amide bonds. The molecule has 0 bridgehead atoms. The molecule has 0 radical (unpaired) electrons. The number of nitro groups is 1. The van der Waals surface area contributed by atoms with Gasteiger partial charge in [-0.25, -0.2) is 0 Å². The van der Waals surface area contributed by atoms with Crippen molar-refractivity contribution in [3.63, 3.8) is 0 Å². The minimum absolute atomic E-state index is 0.0332. The summed E-state index contributed by atoms with van der Waals surface area (Å²) in [6.45, 7) is -2.01. The summed E-state index contributed by atoms with van der Waals surface area (Å²) in [7, 11) is 1.33. The minimum Gasteiger partial charge on any atom is -0.493 e. The van der Waals surface area contributed by atoms with Crippen molar-refractivity contribution in [1.29, 1.82) is 0 Å². The molecule has 0 saturated carbocycles. The molecule has 2 aromatic carbocycles. The highest BCUT2D eigenvalue weighted by Gasteiger charge is 2.29. The number of nitrogens with zero attached hydrogens (tertiary/aromatic N) is 2. The Hall–Kier alpha value is -3.43. The Morgan fingerprint density at radius 3 is 2.55 bits per heavy atom. The van der Waals surface area contributed by atoms with E-state index in [-0.39, 0.29) is 35.7 Å². The van der Waals surface area contributed by atoms with Gasteiger partial charge in [0.1, 0.15) is 12.3 Å². The molecular weight excluding hydrogens is 414 g/mol. The SMILES string of the molecule is COc1cc(COC(=O)C2CCN(c3ccccc3[N+](=O)[O-])CC2)ccc1OC(F)F. The molecule has 2 aromatic rings. The van der Waals surface area contributed by atoms with Crippen LogP contribution in [0.3, 0.4) is 0 Å². The highest BCUT2D eigenvalue weighted by Crippen LogP contribution is 2.32. The maximum atomic E-state index is 12.5. The van der Waals surface area contributed by atoms with Gasteiger partial charge < -0.3 is 19.1 Å². The van der Waals surface area contributed by atoms with Crippen molar-refractivity contribution in [3.8, 4) is 11.5 Å². The van der Waals surface area contributed by atoms with Crippen molar-refractivity contribution in [2.45, 2.75) is 26.1 Å². The Morgan fingerprint density at radius 2 is 1.90 bits per heavy atom. The first kappa shape index (κ1) is 22.3. The Morgan fingerprint density at radius 1 is 1.19 bits per heavy atom. The average molecular weight is 436 g/mol. The Kier molecular flexibility index (Phi) is 7.22. The van der Waals surface area contributed by atoms with Gasteiger partial charge in [-0.15, -0.1) is 0 Å². The summed E-state index contributed by atoms with van der Waals surface area (Å²) in [4.78, 5) is 25.2. The molecule has 1 aliphatic heterocycles. The monoisotopic (exact) mass is 436 g/mol. The van der Waals surface area contributed by atoms with Crippen LogP contribution >= 0.6 is 0 Å². The fraction of sp³-hybridized carbons (Fsp3) is 0.381. The van der Waals surface area contributed by atoms with Gasteiger partial charge >= 0.3 is 12.6 Å². The first-order valence-electron chi connectivity index (χ1n) is 9.65. The first-order chi connectivity index (χ1) is 14.9. The van der Waals surface area contributed by atoms with Crippen LogP contribution in [-0.4, -0.2) is 37.7 Å². The third-order valence-corrected chi connectivity index (χ3v) is 5.07. The average Bonchev–Trinajstić information content (AvgIpc) is 2.77. The first-order valence-corrected chi connectivity index (χ1v) is 9.65. The van der Waals surface area contributed by atoms with Crippen molar-refractivity contribution in [2.75, 3.05) is 25.1 Å². The second-order valence-electron chi connectivity index (χ2n) is 6.98. The number of alkyl halides is 2. The summed E-state index contributed by atoms with van der Waals surface area (Å²) in [6.07, 6.45) is 1.02. The Labute approximate surface area is 177 Å². The predicted octanol–water partition coefficient (Wildman–Crippen LogP) is 4.16. The van der Waals surface area contributed by atoms with Crippen LogP contribution < -0.4 is 14.4 Å². The lowest BCUT2D eigenvalue weighted by Crippen LogP contribution is -2.37. The predicted molar refractivity (Wildman–Crippen MR) is 107 cm³/mol. The third-order valence-electron chi connectivity index (χ3n) is 5.07. The second kappa shape index (κ2) is 10.1. The molecule has 166 valence electrons. The van der Waals surface area contributed by atoms with Crippen LogP contribution in [0.4, 0.5) is 20.2 Å². The minimum atomic E-state index is -2.97. The van der Waals surface area contributed by atoms with Gasteiger partial charge in [0.05, 0.1) is 18.0 Å². The number of halogens is 2. The summed E-state index contributed by atoms with van der Waals surface area (Å²) >= 11 is 0. The standard InChI is InChI=1S/C21H22F2N2O6/c1-29-19-12-14(6-7-18(19)31-21(22)23)13-30-20(26)15-8-10-24(11-9-15)16-4-2-3-5-17(16)25(27)28/h2-7,12,15,21H,8-11,13H2,1H3. The number of benzene rings is 2. The summed E-state index contributed by atoms with van der Waals surface area (Å²) in [5.41, 5.74) is 1.15. The molecule has 8 nitrogen and oxygen atoms in total. The molecule has 0 aromatic heterocycles. The lowest BCUT2D eigenvalue weighted by atomic mass is 9.96. The molecule has 10 heteroatoms. The van der Waals surface area contributed by atoms with E-state index in [1.807, 2.05) is 4.90 Å². The number of carbonyl (C=O) groups is 1. The molecule has 0 N–H and O–H groups in total. The van der Waals surface area contributed by atoms with Crippen molar-refractivity contribution < 1.29 is 32.7 Å². The molecular formula is C21H22F2N2O6. The van der Waals surface area contributed by atoms with E-state index in [9.17, 15) is 23.7 Å². The van der Waals surface area contributed by atoms with Crippen LogP contribution in [0, 0.1) is 16.0 Å². The van der Waals surface area contributed by atoms with E-state index in [1.165, 1.54) is 31.4 Å². The van der Waals surface area contributed by atoms with E-state index in [4.69, 9.17) is 9.47 Å². The van der Waals surface area contributed by atoms with Gasteiger partial charge in [-0.3, -0.25) is 14.9 Å². The Balaban J connectivity index is 1.54. The third kappa shape index (κ3) is 5.59. The van der Waals surface area contributed by atoms with Gasteiger partial charge in [0, 0.05) is 19.2 Å². The Bertz CT molecular complexity index is 932. The zero-order valence-electron chi connectivity index (χ0n) is 16.8. The van der Waals surface area contributed by atoms with Gasteiger partial charge in [0.2, 0.25) is 0 Å². The van der Waals surface area contributed by atoms with E-state index in [2.05, 4.69) is 4.74 Å². The van der Waals surface area contributed by atoms with Gasteiger partial charge in [0.15, 0.2) is 11.5 Å². The topological polar surface area (TPSA) is 91.1 Å². The van der Waals surface area contributed by atoms with Gasteiger partial charge in [-0.2, -0.15) is 8.78 Å². The fourth-order valence-electron chi connectivity index (χ4n) is 3.51. The molecule has 3 rings (SSSR count). The van der Waals surface area contributed by atoms with Gasteiger partial charge in [-0.1, -0.05) is 18.2 Å². The van der Waals surface area contributed by atoms with Crippen LogP contribution in [0.2, 0.25) is 0 Å². The summed E-state index contributed by atoms with van der Waals surface area (Å²) in [5, 5.41) is 11.2. The van der Waals surface area contributed by atoms with Crippen molar-refractivity contribution >= 4 is 17.3 Å². The summed E-state index contributed by atoms with van der Waals surface area (Å²) in [6, 6.07) is 10.8. The summed E-state index contributed by atoms with van der Waals surface area (Å²) < 4.78 is 39.6. The van der Waals surface area contributed by atoms with E-state index < -0.39 is 11.5 Å². The number of anilines is 1. The number of rotatable bonds is 8. The highest BCUT2D eigenvalue weighted by molar-refractivity contribution is 5.73. The molecule has 1 heterocycles. The van der Waals surface area contributed by atoms with E-state index in [0.29, 0.717) is 37.2 Å². The number of hydrogen-bond acceptors (Lipinski definition) is 7. The summed E-state index contributed by atoms with van der Waals surface area (Å²) in [5.74, 6) is -0.669. The molecule has 31 heavy (non-hydrogen) atoms. The number of piperidine rings is 1. The maximum absolute atomic E-state index is 12.5. The smallest absolute Gasteiger partial charge is 0.387 e. The molecule has 0 atom stereocenters. The van der Waals surface area contributed by atoms with Crippen LogP contribution in [0.5, 0.6) is 11.5 Å². The number of nitro benzene ring substituents is 1. The fourth-order valence-corrected chi connectivity index (χ4v) is 3.51. The van der Waals surface area contributed by atoms with E-state index >= 15 is 0 Å². The van der Waals surface area contributed by atoms with Crippen LogP contribution in [-0.2, 0) is 16.1 Å². The number of hydrogen-bond donors (Lipinski definition) is 0. The van der Waals surface area contributed by atoms with Crippen molar-refractivity contribution in [1.82, 2.24) is 0 Å². The lowest BCUT2D eigenvalue weighted by molar-refractivity contribution is -0.384. The molecule has 0 spiro atoms. The van der Waals surface area contributed by atoms with Crippen LogP contribution in [0.15, 0.2) is 42.5 Å². The number of para-hydroxylation sites is 2. The number of carbonyl (C=O) groups excluding carboxylic acids is 1.